The summed E-state index contributed by atoms with van der Waals surface area (Å²) in [5, 5.41) is 25.4. The van der Waals surface area contributed by atoms with Gasteiger partial charge in [0.1, 0.15) is 24.9 Å². The van der Waals surface area contributed by atoms with E-state index in [1.54, 1.807) is 6.92 Å². The lowest BCUT2D eigenvalue weighted by Gasteiger charge is -2.32. The van der Waals surface area contributed by atoms with Crippen molar-refractivity contribution in [3.63, 3.8) is 0 Å². The first-order chi connectivity index (χ1) is 24.7. The number of esters is 1. The largest absolute Gasteiger partial charge is 0.467 e. The predicted molar refractivity (Wildman–Crippen MR) is 168 cm³/mol. The molecule has 0 radical (unpaired) electrons. The Morgan fingerprint density at radius 1 is 0.925 bits per heavy atom. The highest BCUT2D eigenvalue weighted by molar-refractivity contribution is 5.94. The van der Waals surface area contributed by atoms with E-state index in [-0.39, 0.29) is 17.7 Å². The van der Waals surface area contributed by atoms with Gasteiger partial charge in [0.05, 0.1) is 44.1 Å². The third-order valence-electron chi connectivity index (χ3n) is 7.39. The first-order valence-corrected chi connectivity index (χ1v) is 15.9. The zero-order valence-electron chi connectivity index (χ0n) is 28.9. The number of hydrogen-bond acceptors (Lipinski definition) is 12. The Kier molecular flexibility index (Phi) is 15.5. The normalized spacial score (nSPS) is 20.8. The maximum atomic E-state index is 13.3. The number of aliphatic hydroxyl groups is 2. The van der Waals surface area contributed by atoms with Crippen LogP contribution in [0.25, 0.3) is 0 Å². The molecule has 14 nitrogen and oxygen atoms in total. The van der Waals surface area contributed by atoms with Gasteiger partial charge in [0.15, 0.2) is 12.1 Å². The van der Waals surface area contributed by atoms with Crippen molar-refractivity contribution in [1.82, 2.24) is 10.6 Å². The van der Waals surface area contributed by atoms with Crippen LogP contribution in [-0.4, -0.2) is 111 Å². The van der Waals surface area contributed by atoms with E-state index in [2.05, 4.69) is 15.4 Å². The summed E-state index contributed by atoms with van der Waals surface area (Å²) in [5.41, 5.74) is -2.80. The van der Waals surface area contributed by atoms with E-state index in [0.29, 0.717) is 12.1 Å². The highest BCUT2D eigenvalue weighted by atomic mass is 19.4. The molecule has 1 saturated heterocycles. The van der Waals surface area contributed by atoms with Gasteiger partial charge in [-0.15, -0.1) is 0 Å². The van der Waals surface area contributed by atoms with Crippen LogP contribution in [0.5, 0.6) is 0 Å². The molecule has 1 fully saturated rings. The van der Waals surface area contributed by atoms with Crippen LogP contribution < -0.4 is 10.6 Å². The second-order valence-electron chi connectivity index (χ2n) is 12.0. The Labute approximate surface area is 299 Å². The van der Waals surface area contributed by atoms with Crippen molar-refractivity contribution in [2.45, 2.75) is 76.1 Å². The fourth-order valence-corrected chi connectivity index (χ4v) is 4.72. The second kappa shape index (κ2) is 18.9. The molecule has 2 amide bonds. The average molecular weight is 771 g/mol. The smallest absolute Gasteiger partial charge is 0.416 e. The lowest BCUT2D eigenvalue weighted by molar-refractivity contribution is -0.388. The number of benzene rings is 2. The van der Waals surface area contributed by atoms with Crippen LogP contribution in [0.3, 0.4) is 0 Å². The van der Waals surface area contributed by atoms with Crippen LogP contribution in [0.1, 0.15) is 52.6 Å². The van der Waals surface area contributed by atoms with Gasteiger partial charge in [-0.2, -0.15) is 26.3 Å². The van der Waals surface area contributed by atoms with Gasteiger partial charge < -0.3 is 44.5 Å². The van der Waals surface area contributed by atoms with Gasteiger partial charge >= 0.3 is 18.3 Å². The van der Waals surface area contributed by atoms with E-state index >= 15 is 0 Å². The third-order valence-corrected chi connectivity index (χ3v) is 7.39. The number of alkyl halides is 6. The van der Waals surface area contributed by atoms with E-state index in [0.717, 1.165) is 37.4 Å². The standard InChI is InChI=1S/C33H40F6N2O12/c1-18-24(13-40-28(45)19-7-5-9-21(11-19)32(34,35)36)50-30(53-31(2,3)52-18)51-27(49-25(15-42)23(43)16-48-17-26(44)47-4)14-41-29(46)20-8-6-10-22(12-20)33(37,38)39/h5-12,18,23-25,27,30,42-43H,13-17H2,1-4H3,(H,40,45)(H,41,46)/t18?,23-,24+,25?,27-,30?/m0/s1. The van der Waals surface area contributed by atoms with Gasteiger partial charge in [0, 0.05) is 17.7 Å². The summed E-state index contributed by atoms with van der Waals surface area (Å²) >= 11 is 0. The number of carbonyl (C=O) groups is 3. The van der Waals surface area contributed by atoms with Crippen LogP contribution in [0.4, 0.5) is 26.3 Å². The number of halogens is 6. The molecule has 53 heavy (non-hydrogen) atoms. The molecule has 20 heteroatoms. The number of rotatable bonds is 16. The van der Waals surface area contributed by atoms with Crippen LogP contribution in [0, 0.1) is 0 Å². The van der Waals surface area contributed by atoms with Crippen molar-refractivity contribution in [2.24, 2.45) is 0 Å². The molecule has 1 aliphatic heterocycles. The van der Waals surface area contributed by atoms with Gasteiger partial charge in [0.2, 0.25) is 0 Å². The maximum absolute atomic E-state index is 13.3. The van der Waals surface area contributed by atoms with Crippen LogP contribution >= 0.6 is 0 Å². The molecular weight excluding hydrogens is 730 g/mol. The Hall–Kier alpha value is -3.89. The number of hydrogen-bond donors (Lipinski definition) is 4. The van der Waals surface area contributed by atoms with Crippen LogP contribution in [0.2, 0.25) is 0 Å². The van der Waals surface area contributed by atoms with Crippen LogP contribution in [0.15, 0.2) is 48.5 Å². The fourth-order valence-electron chi connectivity index (χ4n) is 4.72. The molecular formula is C33H40F6N2O12. The molecule has 3 unspecified atom stereocenters. The SMILES string of the molecule is COC(=O)COC[C@H](O)C(CO)O[C@H](CNC(=O)c1cccc(C(F)(F)F)c1)OC1O[C@H](CNC(=O)c2cccc(C(F)(F)F)c2)C(C)OC(C)(C)O1. The lowest BCUT2D eigenvalue weighted by Crippen LogP contribution is -2.47. The van der Waals surface area contributed by atoms with Gasteiger partial charge in [-0.1, -0.05) is 12.1 Å². The molecule has 0 saturated carbocycles. The van der Waals surface area contributed by atoms with Gasteiger partial charge in [-0.3, -0.25) is 19.1 Å². The molecule has 0 spiro atoms. The zero-order valence-corrected chi connectivity index (χ0v) is 28.9. The van der Waals surface area contributed by atoms with Crippen molar-refractivity contribution in [2.75, 3.05) is 40.0 Å². The van der Waals surface area contributed by atoms with Crippen molar-refractivity contribution >= 4 is 17.8 Å². The molecule has 2 aromatic carbocycles. The van der Waals surface area contributed by atoms with Crippen LogP contribution in [-0.2, 0) is 50.3 Å². The quantitative estimate of drug-likeness (QED) is 0.112. The fraction of sp³-hybridized carbons (Fsp3) is 0.545. The summed E-state index contributed by atoms with van der Waals surface area (Å²) in [7, 11) is 1.11. The number of carbonyl (C=O) groups excluding carboxylic acids is 3. The highest BCUT2D eigenvalue weighted by Crippen LogP contribution is 2.31. The molecule has 3 rings (SSSR count). The van der Waals surface area contributed by atoms with E-state index in [1.807, 2.05) is 0 Å². The molecule has 1 aliphatic rings. The zero-order chi connectivity index (χ0) is 39.6. The predicted octanol–water partition coefficient (Wildman–Crippen LogP) is 2.99. The van der Waals surface area contributed by atoms with Crippen molar-refractivity contribution in [3.8, 4) is 0 Å². The Morgan fingerprint density at radius 2 is 1.49 bits per heavy atom. The van der Waals surface area contributed by atoms with E-state index in [1.165, 1.54) is 19.9 Å². The third kappa shape index (κ3) is 13.8. The number of methoxy groups -OCH3 is 1. The lowest BCUT2D eigenvalue weighted by atomic mass is 10.1. The summed E-state index contributed by atoms with van der Waals surface area (Å²) in [6.07, 6.45) is -16.2. The van der Waals surface area contributed by atoms with Crippen molar-refractivity contribution in [3.05, 3.63) is 70.8 Å². The van der Waals surface area contributed by atoms with Gasteiger partial charge in [-0.05, 0) is 57.2 Å². The maximum Gasteiger partial charge on any atom is 0.416 e. The first-order valence-electron chi connectivity index (χ1n) is 15.9. The summed E-state index contributed by atoms with van der Waals surface area (Å²) in [5.74, 6) is -4.10. The highest BCUT2D eigenvalue weighted by Gasteiger charge is 2.40. The van der Waals surface area contributed by atoms with Gasteiger partial charge in [-0.25, -0.2) is 4.79 Å². The van der Waals surface area contributed by atoms with Crippen molar-refractivity contribution in [1.29, 1.82) is 0 Å². The van der Waals surface area contributed by atoms with Gasteiger partial charge in [0.25, 0.3) is 18.3 Å². The Morgan fingerprint density at radius 3 is 2.02 bits per heavy atom. The molecule has 296 valence electrons. The minimum absolute atomic E-state index is 0.291. The summed E-state index contributed by atoms with van der Waals surface area (Å²) in [6.45, 7) is -0.229. The molecule has 0 aromatic heterocycles. The summed E-state index contributed by atoms with van der Waals surface area (Å²) < 4.78 is 118. The van der Waals surface area contributed by atoms with E-state index < -0.39 is 111 Å². The van der Waals surface area contributed by atoms with Crippen molar-refractivity contribution < 1.29 is 84.1 Å². The first kappa shape index (κ1) is 43.5. The second-order valence-corrected chi connectivity index (χ2v) is 12.0. The number of aliphatic hydroxyl groups excluding tert-OH is 2. The minimum Gasteiger partial charge on any atom is -0.467 e. The minimum atomic E-state index is -4.74. The summed E-state index contributed by atoms with van der Waals surface area (Å²) in [6, 6.07) is 7.25. The van der Waals surface area contributed by atoms with E-state index in [4.69, 9.17) is 28.4 Å². The van der Waals surface area contributed by atoms with E-state index in [9.17, 15) is 50.9 Å². The molecule has 4 N–H and O–H groups in total. The monoisotopic (exact) mass is 770 g/mol. The molecule has 1 heterocycles. The summed E-state index contributed by atoms with van der Waals surface area (Å²) in [4.78, 5) is 37.1. The number of amides is 2. The number of nitrogens with one attached hydrogen (secondary N) is 2. The number of ether oxygens (including phenoxy) is 7. The molecule has 2 aromatic rings. The Bertz CT molecular complexity index is 1530. The molecule has 0 aliphatic carbocycles. The molecule has 6 atom stereocenters. The average Bonchev–Trinajstić information content (AvgIpc) is 3.20. The Balaban J connectivity index is 1.80. The topological polar surface area (TPSA) is 180 Å². The molecule has 0 bridgehead atoms.